The second-order valence-electron chi connectivity index (χ2n) is 12.2. The Morgan fingerprint density at radius 1 is 0.394 bits per heavy atom. The van der Waals surface area contributed by atoms with Crippen molar-refractivity contribution in [3.05, 3.63) is 13.8 Å². The Balaban J connectivity index is 0.000000227. The molecule has 0 spiro atoms. The molecule has 0 N–H and O–H groups in total. The van der Waals surface area contributed by atoms with E-state index in [1.807, 2.05) is 0 Å². The van der Waals surface area contributed by atoms with Gasteiger partial charge in [0.25, 0.3) is 0 Å². The van der Waals surface area contributed by atoms with Gasteiger partial charge in [-0.2, -0.15) is 12.8 Å². The fourth-order valence-electron chi connectivity index (χ4n) is 8.43. The van der Waals surface area contributed by atoms with Gasteiger partial charge >= 0.3 is 23.1 Å². The zero-order valence-corrected chi connectivity index (χ0v) is 24.0. The Morgan fingerprint density at radius 3 is 0.788 bits per heavy atom. The van der Waals surface area contributed by atoms with E-state index in [4.69, 9.17) is 0 Å². The third kappa shape index (κ3) is 10.4. The molecule has 4 rings (SSSR count). The fraction of sp³-hybridized carbons (Fsp3) is 0.933. The van der Waals surface area contributed by atoms with Crippen LogP contribution in [-0.4, -0.2) is 36.5 Å². The summed E-state index contributed by atoms with van der Waals surface area (Å²) in [5.41, 5.74) is 0. The third-order valence-electron chi connectivity index (χ3n) is 10.1. The molecule has 0 radical (unpaired) electrons. The maximum Gasteiger partial charge on any atom is 2.00 e. The third-order valence-corrected chi connectivity index (χ3v) is 10.1. The molecule has 0 atom stereocenters. The van der Waals surface area contributed by atoms with Crippen LogP contribution in [0.4, 0.5) is 0 Å². The Morgan fingerprint density at radius 2 is 0.606 bits per heavy atom. The first-order valence-electron chi connectivity index (χ1n) is 15.4. The normalized spacial score (nSPS) is 23.8. The van der Waals surface area contributed by atoms with Gasteiger partial charge in [0.2, 0.25) is 0 Å². The Bertz CT molecular complexity index is 368. The van der Waals surface area contributed by atoms with Crippen LogP contribution in [0.1, 0.15) is 141 Å². The minimum absolute atomic E-state index is 0. The minimum atomic E-state index is 0. The van der Waals surface area contributed by atoms with Crippen LogP contribution in [0.15, 0.2) is 0 Å². The van der Waals surface area contributed by atoms with Gasteiger partial charge in [-0.05, 0) is 0 Å². The van der Waals surface area contributed by atoms with Crippen molar-refractivity contribution in [2.45, 2.75) is 177 Å². The average Bonchev–Trinajstić information content (AvgIpc) is 2.88. The van der Waals surface area contributed by atoms with Gasteiger partial charge in [-0.1, -0.05) is 152 Å². The quantitative estimate of drug-likeness (QED) is 0.248. The largest absolute Gasteiger partial charge is 2.00 e. The molecule has 4 aliphatic rings. The van der Waals surface area contributed by atoms with Crippen molar-refractivity contribution in [3.8, 4) is 0 Å². The maximum absolute atomic E-state index is 4.12. The molecule has 0 aliphatic heterocycles. The van der Waals surface area contributed by atoms with Crippen LogP contribution in [0.5, 0.6) is 0 Å². The maximum atomic E-state index is 4.12. The van der Waals surface area contributed by atoms with Crippen LogP contribution < -0.4 is 0 Å². The summed E-state index contributed by atoms with van der Waals surface area (Å²) in [6.45, 7) is 10.3. The van der Waals surface area contributed by atoms with Gasteiger partial charge in [0.15, 0.2) is 0 Å². The van der Waals surface area contributed by atoms with E-state index >= 15 is 0 Å². The summed E-state index contributed by atoms with van der Waals surface area (Å²) in [5, 5.41) is 0. The minimum Gasteiger partial charge on any atom is -0.344 e. The fourth-order valence-corrected chi connectivity index (χ4v) is 8.43. The van der Waals surface area contributed by atoms with Crippen LogP contribution >= 0.6 is 0 Å². The summed E-state index contributed by atoms with van der Waals surface area (Å²) in [7, 11) is 0. The Kier molecular flexibility index (Phi) is 16.6. The first-order chi connectivity index (χ1) is 15.8. The van der Waals surface area contributed by atoms with Crippen LogP contribution in [0.2, 0.25) is 35.9 Å². The summed E-state index contributed by atoms with van der Waals surface area (Å²) in [6.07, 6.45) is 35.4. The predicted octanol–water partition coefficient (Wildman–Crippen LogP) is 10.4. The molecule has 0 aromatic heterocycles. The summed E-state index contributed by atoms with van der Waals surface area (Å²) in [5.74, 6) is 4.27. The Labute approximate surface area is 226 Å². The molecule has 0 bridgehead atoms. The summed E-state index contributed by atoms with van der Waals surface area (Å²) >= 11 is 0. The van der Waals surface area contributed by atoms with E-state index < -0.39 is 0 Å². The molecule has 33 heavy (non-hydrogen) atoms. The molecular formula is C30H56B2Mg. The van der Waals surface area contributed by atoms with Crippen LogP contribution in [0, 0.1) is 13.8 Å². The molecule has 0 nitrogen and oxygen atoms in total. The van der Waals surface area contributed by atoms with Gasteiger partial charge in [-0.25, -0.2) is 0 Å². The molecule has 0 aromatic rings. The molecule has 0 unspecified atom stereocenters. The van der Waals surface area contributed by atoms with Crippen molar-refractivity contribution in [2.24, 2.45) is 0 Å². The van der Waals surface area contributed by atoms with Crippen molar-refractivity contribution in [2.75, 3.05) is 0 Å². The van der Waals surface area contributed by atoms with Crippen molar-refractivity contribution in [3.63, 3.8) is 0 Å². The van der Waals surface area contributed by atoms with Crippen molar-refractivity contribution in [1.29, 1.82) is 0 Å². The van der Waals surface area contributed by atoms with Gasteiger partial charge < -0.3 is 13.8 Å². The van der Waals surface area contributed by atoms with Gasteiger partial charge in [0, 0.05) is 0 Å². The van der Waals surface area contributed by atoms with E-state index in [1.165, 1.54) is 141 Å². The van der Waals surface area contributed by atoms with Crippen LogP contribution in [0.25, 0.3) is 0 Å². The standard InChI is InChI=1S/2C15H28B.Mg/c2*1-2-13-16(14-9-5-3-6-10-14)15-11-7-4-8-12-15;/h2*14-15H,1-13H2;/q2*-1;+2. The van der Waals surface area contributed by atoms with Gasteiger partial charge in [0.05, 0.1) is 0 Å². The molecule has 0 saturated heterocycles. The van der Waals surface area contributed by atoms with Crippen molar-refractivity contribution in [1.82, 2.24) is 0 Å². The topological polar surface area (TPSA) is 0 Å². The molecule has 4 aliphatic carbocycles. The molecule has 0 amide bonds. The second kappa shape index (κ2) is 18.2. The zero-order chi connectivity index (χ0) is 22.4. The molecule has 4 saturated carbocycles. The summed E-state index contributed by atoms with van der Waals surface area (Å²) in [4.78, 5) is 0. The van der Waals surface area contributed by atoms with Crippen molar-refractivity contribution < 1.29 is 0 Å². The molecule has 0 aromatic carbocycles. The summed E-state index contributed by atoms with van der Waals surface area (Å²) in [6, 6.07) is 0. The SMILES string of the molecule is [CH2-]CCB(C1CCCCC1)C1CCCCC1.[CH2-]CCB(C1CCCCC1)C1CCCCC1.[Mg+2]. The van der Waals surface area contributed by atoms with E-state index in [1.54, 1.807) is 0 Å². The number of hydrogen-bond acceptors (Lipinski definition) is 0. The zero-order valence-electron chi connectivity index (χ0n) is 22.6. The smallest absolute Gasteiger partial charge is 0.344 e. The van der Waals surface area contributed by atoms with Gasteiger partial charge in [-0.3, -0.25) is 0 Å². The number of hydrogen-bond donors (Lipinski definition) is 0. The first kappa shape index (κ1) is 30.1. The predicted molar refractivity (Wildman–Crippen MR) is 154 cm³/mol. The van der Waals surface area contributed by atoms with Crippen LogP contribution in [0.3, 0.4) is 0 Å². The van der Waals surface area contributed by atoms with Gasteiger partial charge in [-0.15, -0.1) is 12.6 Å². The van der Waals surface area contributed by atoms with Gasteiger partial charge in [0.1, 0.15) is 13.4 Å². The van der Waals surface area contributed by atoms with E-state index in [-0.39, 0.29) is 23.1 Å². The molecule has 4 fully saturated rings. The molecule has 184 valence electrons. The molecule has 0 heterocycles. The Hall–Kier alpha value is 0.896. The second-order valence-corrected chi connectivity index (χ2v) is 12.2. The van der Waals surface area contributed by atoms with Crippen LogP contribution in [-0.2, 0) is 0 Å². The van der Waals surface area contributed by atoms with E-state index in [0.29, 0.717) is 0 Å². The molecule has 3 heteroatoms. The van der Waals surface area contributed by atoms with E-state index in [9.17, 15) is 0 Å². The summed E-state index contributed by atoms with van der Waals surface area (Å²) < 4.78 is 0. The first-order valence-corrected chi connectivity index (χ1v) is 15.4. The van der Waals surface area contributed by atoms with Crippen molar-refractivity contribution >= 4 is 36.5 Å². The van der Waals surface area contributed by atoms with E-state index in [0.717, 1.165) is 49.5 Å². The monoisotopic (exact) mass is 462 g/mol. The van der Waals surface area contributed by atoms with E-state index in [2.05, 4.69) is 13.8 Å². The molecular weight excluding hydrogens is 406 g/mol. The average molecular weight is 463 g/mol. The number of rotatable bonds is 8.